The Kier molecular flexibility index (Phi) is 3.21. The molecule has 1 aromatic carbocycles. The summed E-state index contributed by atoms with van der Waals surface area (Å²) in [5.74, 6) is -1.14. The third-order valence-electron chi connectivity index (χ3n) is 4.58. The number of piperazine rings is 1. The summed E-state index contributed by atoms with van der Waals surface area (Å²) >= 11 is 6.29. The predicted molar refractivity (Wildman–Crippen MR) is 117 cm³/mol. The Labute approximate surface area is 196 Å². The number of halogens is 1. The molecule has 1 aromatic rings. The first-order valence-electron chi connectivity index (χ1n) is 16.6. The molecule has 1 aliphatic heterocycles. The number of carbonyl (C=O) groups is 1. The Morgan fingerprint density at radius 2 is 1.96 bits per heavy atom. The van der Waals surface area contributed by atoms with E-state index in [9.17, 15) is 4.79 Å². The highest BCUT2D eigenvalue weighted by molar-refractivity contribution is 6.34. The second-order valence-corrected chi connectivity index (χ2v) is 7.31. The zero-order chi connectivity index (χ0) is 33.5. The van der Waals surface area contributed by atoms with Gasteiger partial charge >= 0.3 is 6.03 Å². The Morgan fingerprint density at radius 3 is 2.61 bits per heavy atom. The molecule has 3 rings (SSSR count). The van der Waals surface area contributed by atoms with Gasteiger partial charge in [-0.25, -0.2) is 4.79 Å². The second-order valence-electron chi connectivity index (χ2n) is 6.93. The van der Waals surface area contributed by atoms with Crippen LogP contribution in [-0.4, -0.2) is 68.5 Å². The highest BCUT2D eigenvalue weighted by Gasteiger charge is 2.24. The van der Waals surface area contributed by atoms with Gasteiger partial charge in [0.15, 0.2) is 0 Å². The van der Waals surface area contributed by atoms with Crippen molar-refractivity contribution in [1.82, 2.24) is 15.1 Å². The third kappa shape index (κ3) is 5.54. The van der Waals surface area contributed by atoms with E-state index in [0.717, 1.165) is 0 Å². The van der Waals surface area contributed by atoms with Gasteiger partial charge in [0.05, 0.1) is 20.3 Å². The van der Waals surface area contributed by atoms with Gasteiger partial charge in [-0.1, -0.05) is 23.7 Å². The van der Waals surface area contributed by atoms with Gasteiger partial charge in [0, 0.05) is 57.1 Å². The topological polar surface area (TPSA) is 38.8 Å². The number of hydrogen-bond donors (Lipinski definition) is 1. The molecule has 1 saturated heterocycles. The van der Waals surface area contributed by atoms with Crippen LogP contribution >= 0.6 is 11.6 Å². The van der Waals surface area contributed by atoms with Gasteiger partial charge in [0.25, 0.3) is 0 Å². The molecule has 0 atom stereocenters. The predicted octanol–water partition coefficient (Wildman–Crippen LogP) is 3.99. The Bertz CT molecular complexity index is 1210. The van der Waals surface area contributed by atoms with Gasteiger partial charge in [-0.05, 0) is 63.0 Å². The van der Waals surface area contributed by atoms with Crippen LogP contribution in [0.15, 0.2) is 18.1 Å². The van der Waals surface area contributed by atoms with E-state index in [1.165, 1.54) is 11.8 Å². The van der Waals surface area contributed by atoms with E-state index in [1.54, 1.807) is 14.1 Å². The average molecular weight is 422 g/mol. The molecule has 2 amide bonds. The molecule has 1 N–H and O–H groups in total. The molecular weight excluding hydrogens is 372 g/mol. The minimum absolute atomic E-state index is 0.0134. The molecule has 0 bridgehead atoms. The molecule has 6 heteroatoms. The molecule has 1 aliphatic carbocycles. The van der Waals surface area contributed by atoms with Crippen molar-refractivity contribution in [2.75, 3.05) is 51.5 Å². The summed E-state index contributed by atoms with van der Waals surface area (Å²) in [4.78, 5) is 12.9. The van der Waals surface area contributed by atoms with Crippen LogP contribution in [0, 0.1) is 12.8 Å². The SMILES string of the molecule is [2H]c1c([2H])c(C)c(Cl)c(N2C([2H])([2H])C([2H])([2H])N(C([2H])([2H])C([2H])([2H])C3CCC(NC(=O)N(C)C)CC3)C([2H])([2H])C2([2H])[2H])c1[2H]. The highest BCUT2D eigenvalue weighted by atomic mass is 35.5. The van der Waals surface area contributed by atoms with E-state index >= 15 is 0 Å². The van der Waals surface area contributed by atoms with Crippen molar-refractivity contribution in [1.29, 1.82) is 0 Å². The van der Waals surface area contributed by atoms with E-state index in [0.29, 0.717) is 0 Å². The van der Waals surface area contributed by atoms with Crippen molar-refractivity contribution in [3.8, 4) is 0 Å². The lowest BCUT2D eigenvalue weighted by Gasteiger charge is -2.37. The minimum Gasteiger partial charge on any atom is -0.368 e. The van der Waals surface area contributed by atoms with Crippen LogP contribution < -0.4 is 10.2 Å². The summed E-state index contributed by atoms with van der Waals surface area (Å²) in [7, 11) is 3.09. The standard InChI is InChI=1S/C22H35ClN4O/c1-17-5-4-6-20(21(17)23)27-15-13-26(14-16-27)12-11-18-7-9-19(10-8-18)24-22(28)25(2)3/h4-6,18-19H,7-16H2,1-3H3,(H,24,28)/i4D,5D,6D,11D2,12D2,13D2,14D2,15D2,16D2. The summed E-state index contributed by atoms with van der Waals surface area (Å²) < 4.78 is 129. The molecule has 0 radical (unpaired) electrons. The number of rotatable bonds is 5. The van der Waals surface area contributed by atoms with Crippen molar-refractivity contribution in [2.45, 2.75) is 45.0 Å². The van der Waals surface area contributed by atoms with Gasteiger partial charge < -0.3 is 15.1 Å². The summed E-state index contributed by atoms with van der Waals surface area (Å²) in [5, 5.41) is 2.18. The van der Waals surface area contributed by atoms with E-state index < -0.39 is 73.6 Å². The van der Waals surface area contributed by atoms with E-state index in [1.807, 2.05) is 0 Å². The van der Waals surface area contributed by atoms with Crippen LogP contribution in [0.3, 0.4) is 0 Å². The molecule has 1 heterocycles. The number of nitrogens with one attached hydrogen (secondary N) is 1. The normalized spacial score (nSPS) is 39.6. The second kappa shape index (κ2) is 9.84. The monoisotopic (exact) mass is 421 g/mol. The van der Waals surface area contributed by atoms with Gasteiger partial charge in [-0.3, -0.25) is 4.90 Å². The largest absolute Gasteiger partial charge is 0.368 e. The van der Waals surface area contributed by atoms with Crippen molar-refractivity contribution >= 4 is 23.3 Å². The summed E-state index contributed by atoms with van der Waals surface area (Å²) in [5.41, 5.74) is -1.07. The zero-order valence-corrected chi connectivity index (χ0v) is 16.9. The van der Waals surface area contributed by atoms with Crippen LogP contribution in [0.1, 0.15) is 58.2 Å². The number of benzene rings is 1. The summed E-state index contributed by atoms with van der Waals surface area (Å²) in [6, 6.07) is -3.00. The Hall–Kier alpha value is -1.46. The molecule has 2 aliphatic rings. The van der Waals surface area contributed by atoms with E-state index in [-0.39, 0.29) is 53.1 Å². The van der Waals surface area contributed by atoms with Crippen LogP contribution in [-0.2, 0) is 0 Å². The third-order valence-corrected chi connectivity index (χ3v) is 5.04. The van der Waals surface area contributed by atoms with Crippen LogP contribution in [0.25, 0.3) is 0 Å². The quantitative estimate of drug-likeness (QED) is 0.781. The Morgan fingerprint density at radius 1 is 1.29 bits per heavy atom. The number of urea groups is 1. The Balaban J connectivity index is 2.12. The number of nitrogens with zero attached hydrogens (tertiary/aromatic N) is 3. The van der Waals surface area contributed by atoms with Crippen molar-refractivity contribution in [3.05, 3.63) is 28.7 Å². The molecular formula is C22H35ClN4O. The molecule has 1 saturated carbocycles. The van der Waals surface area contributed by atoms with Crippen LogP contribution in [0.4, 0.5) is 10.5 Å². The minimum atomic E-state index is -3.80. The van der Waals surface area contributed by atoms with Gasteiger partial charge in [0.2, 0.25) is 0 Å². The molecule has 0 spiro atoms. The number of amides is 2. The smallest absolute Gasteiger partial charge is 0.317 e. The lowest BCUT2D eigenvalue weighted by atomic mass is 9.84. The van der Waals surface area contributed by atoms with Crippen molar-refractivity contribution in [2.24, 2.45) is 5.92 Å². The summed E-state index contributed by atoms with van der Waals surface area (Å²) in [6.45, 7) is -17.4. The fraction of sp³-hybridized carbons (Fsp3) is 0.682. The lowest BCUT2D eigenvalue weighted by molar-refractivity contribution is 0.194. The van der Waals surface area contributed by atoms with E-state index in [2.05, 4.69) is 5.32 Å². The van der Waals surface area contributed by atoms with Crippen LogP contribution in [0.2, 0.25) is 5.02 Å². The molecule has 156 valence electrons. The summed E-state index contributed by atoms with van der Waals surface area (Å²) in [6.07, 6.45) is -2.55. The maximum Gasteiger partial charge on any atom is 0.317 e. The lowest BCUT2D eigenvalue weighted by Crippen LogP contribution is -2.47. The fourth-order valence-corrected chi connectivity index (χ4v) is 3.07. The van der Waals surface area contributed by atoms with Crippen molar-refractivity contribution < 1.29 is 25.4 Å². The number of anilines is 1. The first-order chi connectivity index (χ1) is 19.2. The van der Waals surface area contributed by atoms with Gasteiger partial charge in [0.1, 0.15) is 0 Å². The molecule has 0 unspecified atom stereocenters. The fourth-order valence-electron chi connectivity index (χ4n) is 2.89. The van der Waals surface area contributed by atoms with Gasteiger partial charge in [-0.2, -0.15) is 0 Å². The maximum atomic E-state index is 12.0. The van der Waals surface area contributed by atoms with E-state index in [4.69, 9.17) is 32.2 Å². The first kappa shape index (κ1) is 9.13. The maximum absolute atomic E-state index is 12.0. The average Bonchev–Trinajstić information content (AvgIpc) is 2.87. The molecule has 0 aromatic heterocycles. The van der Waals surface area contributed by atoms with Gasteiger partial charge in [-0.15, -0.1) is 0 Å². The zero-order valence-electron chi connectivity index (χ0n) is 31.1. The number of carbonyl (C=O) groups excluding carboxylic acids is 1. The van der Waals surface area contributed by atoms with Crippen LogP contribution in [0.5, 0.6) is 0 Å². The highest BCUT2D eigenvalue weighted by Crippen LogP contribution is 2.30. The first-order valence-corrected chi connectivity index (χ1v) is 9.44. The van der Waals surface area contributed by atoms with Crippen molar-refractivity contribution in [3.63, 3.8) is 0 Å². The molecule has 5 nitrogen and oxygen atoms in total. The number of hydrogen-bond acceptors (Lipinski definition) is 3. The molecule has 2 fully saturated rings. The molecule has 28 heavy (non-hydrogen) atoms.